The Morgan fingerprint density at radius 2 is 1.92 bits per heavy atom. The molecule has 2 bridgehead atoms. The summed E-state index contributed by atoms with van der Waals surface area (Å²) in [5.41, 5.74) is 1.99. The Bertz CT molecular complexity index is 698. The number of benzene rings is 1. The number of hydrogen-bond acceptors (Lipinski definition) is 3. The van der Waals surface area contributed by atoms with Gasteiger partial charge in [-0.2, -0.15) is 0 Å². The lowest BCUT2D eigenvalue weighted by molar-refractivity contribution is -0.144. The normalized spacial score (nSPS) is 27.1. The second-order valence-electron chi connectivity index (χ2n) is 9.05. The molecule has 2 atom stereocenters. The number of fused-ring (bicyclic) bond motifs is 2. The first-order valence-corrected chi connectivity index (χ1v) is 8.98. The molecule has 0 aromatic heterocycles. The summed E-state index contributed by atoms with van der Waals surface area (Å²) in [6, 6.07) is 7.70. The van der Waals surface area contributed by atoms with Crippen LogP contribution in [-0.2, 0) is 9.59 Å². The molecule has 5 nitrogen and oxygen atoms in total. The molecule has 3 rings (SSSR count). The highest BCUT2D eigenvalue weighted by atomic mass is 16.2. The Morgan fingerprint density at radius 1 is 1.20 bits per heavy atom. The summed E-state index contributed by atoms with van der Waals surface area (Å²) in [5, 5.41) is 2.77. The first kappa shape index (κ1) is 17.8. The van der Waals surface area contributed by atoms with Crippen LogP contribution in [0.2, 0.25) is 0 Å². The summed E-state index contributed by atoms with van der Waals surface area (Å²) in [6.07, 6.45) is 3.08. The van der Waals surface area contributed by atoms with Crippen LogP contribution in [0.25, 0.3) is 0 Å². The number of nitrogens with zero attached hydrogens (tertiary/aromatic N) is 2. The van der Waals surface area contributed by atoms with Crippen molar-refractivity contribution in [3.8, 4) is 0 Å². The van der Waals surface area contributed by atoms with Gasteiger partial charge in [0.15, 0.2) is 0 Å². The van der Waals surface area contributed by atoms with Crippen molar-refractivity contribution in [3.05, 3.63) is 24.3 Å². The number of amides is 2. The van der Waals surface area contributed by atoms with Gasteiger partial charge < -0.3 is 15.1 Å². The molecule has 25 heavy (non-hydrogen) atoms. The highest BCUT2D eigenvalue weighted by Crippen LogP contribution is 2.52. The maximum Gasteiger partial charge on any atom is 0.313 e. The summed E-state index contributed by atoms with van der Waals surface area (Å²) in [5.74, 6) is -0.938. The molecule has 1 aromatic rings. The zero-order valence-corrected chi connectivity index (χ0v) is 15.9. The lowest BCUT2D eigenvalue weighted by Crippen LogP contribution is -2.43. The van der Waals surface area contributed by atoms with Gasteiger partial charge >= 0.3 is 11.8 Å². The molecule has 2 amide bonds. The molecule has 1 aromatic carbocycles. The van der Waals surface area contributed by atoms with Crippen molar-refractivity contribution >= 4 is 23.2 Å². The minimum Gasteiger partial charge on any atom is -0.378 e. The lowest BCUT2D eigenvalue weighted by atomic mass is 9.65. The number of carbonyl (C=O) groups excluding carboxylic acids is 2. The van der Waals surface area contributed by atoms with Crippen molar-refractivity contribution in [1.29, 1.82) is 0 Å². The van der Waals surface area contributed by atoms with Gasteiger partial charge in [-0.25, -0.2) is 0 Å². The van der Waals surface area contributed by atoms with Crippen molar-refractivity contribution in [2.24, 2.45) is 10.8 Å². The molecule has 1 saturated carbocycles. The molecule has 0 radical (unpaired) electrons. The number of carbonyl (C=O) groups is 2. The largest absolute Gasteiger partial charge is 0.378 e. The van der Waals surface area contributed by atoms with Gasteiger partial charge in [0.05, 0.1) is 0 Å². The number of anilines is 2. The van der Waals surface area contributed by atoms with Gasteiger partial charge in [-0.15, -0.1) is 0 Å². The van der Waals surface area contributed by atoms with E-state index in [0.29, 0.717) is 12.2 Å². The Hall–Kier alpha value is -2.04. The van der Waals surface area contributed by atoms with E-state index in [9.17, 15) is 9.59 Å². The molecule has 1 saturated heterocycles. The van der Waals surface area contributed by atoms with Gasteiger partial charge in [-0.3, -0.25) is 9.59 Å². The number of likely N-dealkylation sites (tertiary alicyclic amines) is 1. The van der Waals surface area contributed by atoms with E-state index in [1.807, 2.05) is 43.3 Å². The quantitative estimate of drug-likeness (QED) is 0.840. The van der Waals surface area contributed by atoms with Crippen molar-refractivity contribution < 1.29 is 9.59 Å². The van der Waals surface area contributed by atoms with E-state index in [-0.39, 0.29) is 16.9 Å². The van der Waals surface area contributed by atoms with Crippen LogP contribution >= 0.6 is 0 Å². The first-order valence-electron chi connectivity index (χ1n) is 8.98. The highest BCUT2D eigenvalue weighted by molar-refractivity contribution is 6.39. The Morgan fingerprint density at radius 3 is 2.60 bits per heavy atom. The van der Waals surface area contributed by atoms with Crippen LogP contribution in [0, 0.1) is 10.8 Å². The van der Waals surface area contributed by atoms with Crippen molar-refractivity contribution in [1.82, 2.24) is 4.90 Å². The number of rotatable bonds is 2. The van der Waals surface area contributed by atoms with Gasteiger partial charge in [-0.1, -0.05) is 26.8 Å². The summed E-state index contributed by atoms with van der Waals surface area (Å²) < 4.78 is 0. The molecule has 1 heterocycles. The molecule has 2 fully saturated rings. The number of nitrogens with one attached hydrogen (secondary N) is 1. The van der Waals surface area contributed by atoms with Crippen molar-refractivity contribution in [3.63, 3.8) is 0 Å². The average Bonchev–Trinajstić information content (AvgIpc) is 2.75. The minimum absolute atomic E-state index is 0.132. The van der Waals surface area contributed by atoms with Gasteiger partial charge in [-0.05, 0) is 48.3 Å². The molecule has 136 valence electrons. The average molecular weight is 343 g/mol. The third-order valence-electron chi connectivity index (χ3n) is 5.49. The second kappa shape index (κ2) is 6.04. The molecule has 1 N–H and O–H groups in total. The summed E-state index contributed by atoms with van der Waals surface area (Å²) in [7, 11) is 3.89. The third kappa shape index (κ3) is 3.65. The minimum atomic E-state index is -0.537. The van der Waals surface area contributed by atoms with Crippen LogP contribution in [0.1, 0.15) is 40.0 Å². The zero-order chi connectivity index (χ0) is 18.4. The summed E-state index contributed by atoms with van der Waals surface area (Å²) in [6.45, 7) is 7.45. The van der Waals surface area contributed by atoms with E-state index in [4.69, 9.17) is 0 Å². The SMILES string of the molecule is CN(C)c1cccc(NC(=O)C(=O)N2CC3(C)CC2CC(C)(C)C3)c1. The Balaban J connectivity index is 1.71. The third-order valence-corrected chi connectivity index (χ3v) is 5.49. The molecular formula is C20H29N3O2. The predicted octanol–water partition coefficient (Wildman–Crippen LogP) is 3.12. The summed E-state index contributed by atoms with van der Waals surface area (Å²) in [4.78, 5) is 29.1. The van der Waals surface area contributed by atoms with Crippen LogP contribution in [0.15, 0.2) is 24.3 Å². The molecule has 1 aliphatic heterocycles. The van der Waals surface area contributed by atoms with E-state index in [1.165, 1.54) is 0 Å². The second-order valence-corrected chi connectivity index (χ2v) is 9.05. The van der Waals surface area contributed by atoms with Gasteiger partial charge in [0.25, 0.3) is 0 Å². The maximum absolute atomic E-state index is 12.8. The smallest absolute Gasteiger partial charge is 0.313 e. The molecule has 2 unspecified atom stereocenters. The predicted molar refractivity (Wildman–Crippen MR) is 101 cm³/mol. The van der Waals surface area contributed by atoms with Crippen molar-refractivity contribution in [2.75, 3.05) is 30.9 Å². The van der Waals surface area contributed by atoms with Crippen LogP contribution in [0.5, 0.6) is 0 Å². The van der Waals surface area contributed by atoms with E-state index < -0.39 is 11.8 Å². The molecular weight excluding hydrogens is 314 g/mol. The lowest BCUT2D eigenvalue weighted by Gasteiger charge is -2.39. The Labute approximate surface area is 150 Å². The fraction of sp³-hybridized carbons (Fsp3) is 0.600. The van der Waals surface area contributed by atoms with E-state index in [0.717, 1.165) is 24.9 Å². The van der Waals surface area contributed by atoms with Crippen LogP contribution in [0.4, 0.5) is 11.4 Å². The van der Waals surface area contributed by atoms with E-state index in [1.54, 1.807) is 4.90 Å². The van der Waals surface area contributed by atoms with E-state index in [2.05, 4.69) is 26.1 Å². The van der Waals surface area contributed by atoms with Crippen LogP contribution in [0.3, 0.4) is 0 Å². The van der Waals surface area contributed by atoms with Crippen LogP contribution in [-0.4, -0.2) is 43.4 Å². The standard InChI is InChI=1S/C20H29N3O2/c1-19(2)10-16-11-20(3,12-19)13-23(16)18(25)17(24)21-14-7-6-8-15(9-14)22(4)5/h6-9,16H,10-13H2,1-5H3,(H,21,24). The molecule has 0 spiro atoms. The summed E-state index contributed by atoms with van der Waals surface area (Å²) >= 11 is 0. The van der Waals surface area contributed by atoms with Crippen molar-refractivity contribution in [2.45, 2.75) is 46.1 Å². The molecule has 5 heteroatoms. The molecule has 2 aliphatic rings. The maximum atomic E-state index is 12.8. The van der Waals surface area contributed by atoms with E-state index >= 15 is 0 Å². The Kier molecular flexibility index (Phi) is 4.30. The zero-order valence-electron chi connectivity index (χ0n) is 15.9. The fourth-order valence-corrected chi connectivity index (χ4v) is 4.87. The van der Waals surface area contributed by atoms with Gasteiger partial charge in [0.1, 0.15) is 0 Å². The highest BCUT2D eigenvalue weighted by Gasteiger charge is 2.51. The van der Waals surface area contributed by atoms with Gasteiger partial charge in [0.2, 0.25) is 0 Å². The number of hydrogen-bond donors (Lipinski definition) is 1. The monoisotopic (exact) mass is 343 g/mol. The van der Waals surface area contributed by atoms with Crippen LogP contribution < -0.4 is 10.2 Å². The fourth-order valence-electron chi connectivity index (χ4n) is 4.87. The van der Waals surface area contributed by atoms with Gasteiger partial charge in [0, 0.05) is 38.1 Å². The first-order chi connectivity index (χ1) is 11.6. The topological polar surface area (TPSA) is 52.7 Å². The molecule has 1 aliphatic carbocycles.